The molecule has 4 heteroatoms. The van der Waals surface area contributed by atoms with Gasteiger partial charge in [-0.3, -0.25) is 9.89 Å². The molecule has 0 aliphatic rings. The number of hydrogen-bond donors (Lipinski definition) is 1. The van der Waals surface area contributed by atoms with Crippen LogP contribution in [0.5, 0.6) is 0 Å². The van der Waals surface area contributed by atoms with E-state index in [1.54, 1.807) is 12.3 Å². The van der Waals surface area contributed by atoms with Crippen LogP contribution in [0.1, 0.15) is 10.5 Å². The molecule has 1 heterocycles. The zero-order chi connectivity index (χ0) is 18.5. The second-order valence-corrected chi connectivity index (χ2v) is 9.85. The normalized spacial score (nSPS) is 11.3. The minimum Gasteiger partial charge on any atom is -0.288 e. The molecule has 0 unspecified atom stereocenters. The van der Waals surface area contributed by atoms with Crippen LogP contribution in [0.3, 0.4) is 0 Å². The van der Waals surface area contributed by atoms with E-state index in [4.69, 9.17) is 0 Å². The van der Waals surface area contributed by atoms with Crippen molar-refractivity contribution in [1.29, 1.82) is 0 Å². The predicted molar refractivity (Wildman–Crippen MR) is 113 cm³/mol. The Labute approximate surface area is 159 Å². The highest BCUT2D eigenvalue weighted by Crippen LogP contribution is 2.55. The lowest BCUT2D eigenvalue weighted by atomic mass is 10.3. The molecule has 1 N–H and O–H groups in total. The van der Waals surface area contributed by atoms with Gasteiger partial charge in [0.25, 0.3) is 0 Å². The number of aromatic amines is 1. The molecule has 0 amide bonds. The molecule has 0 fully saturated rings. The van der Waals surface area contributed by atoms with Crippen molar-refractivity contribution in [2.24, 2.45) is 0 Å². The smallest absolute Gasteiger partial charge is 0.218 e. The first kappa shape index (κ1) is 17.4. The number of rotatable bonds is 6. The zero-order valence-corrected chi connectivity index (χ0v) is 15.7. The van der Waals surface area contributed by atoms with Crippen LogP contribution in [-0.4, -0.2) is 22.1 Å². The lowest BCUT2D eigenvalue weighted by Crippen LogP contribution is -2.35. The molecule has 27 heavy (non-hydrogen) atoms. The Bertz CT molecular complexity index is 904. The summed E-state index contributed by atoms with van der Waals surface area (Å²) >= 11 is 0. The Morgan fingerprint density at radius 2 is 1.15 bits per heavy atom. The first-order valence-electron chi connectivity index (χ1n) is 8.88. The Morgan fingerprint density at radius 3 is 1.52 bits per heavy atom. The van der Waals surface area contributed by atoms with Gasteiger partial charge in [-0.2, -0.15) is 5.10 Å². The number of Topliss-reactive ketones (excluding diaryl/α,β-unsaturated/α-hetero) is 1. The lowest BCUT2D eigenvalue weighted by Gasteiger charge is -2.26. The van der Waals surface area contributed by atoms with Gasteiger partial charge in [-0.05, 0) is 42.5 Å². The quantitative estimate of drug-likeness (QED) is 0.416. The second-order valence-electron chi connectivity index (χ2n) is 6.37. The SMILES string of the molecule is O=C(C[P+](c1ccccc1)(c1ccccc1)c1ccccc1)c1ccn[nH]1. The van der Waals surface area contributed by atoms with E-state index in [1.165, 1.54) is 15.9 Å². The van der Waals surface area contributed by atoms with Gasteiger partial charge in [0, 0.05) is 6.20 Å². The average molecular weight is 371 g/mol. The number of nitrogens with zero attached hydrogens (tertiary/aromatic N) is 1. The molecule has 3 aromatic carbocycles. The van der Waals surface area contributed by atoms with Gasteiger partial charge < -0.3 is 0 Å². The molecule has 0 bridgehead atoms. The molecule has 4 rings (SSSR count). The number of ketones is 1. The van der Waals surface area contributed by atoms with Gasteiger partial charge in [-0.15, -0.1) is 0 Å². The van der Waals surface area contributed by atoms with Gasteiger partial charge in [0.1, 0.15) is 35.0 Å². The van der Waals surface area contributed by atoms with Crippen molar-refractivity contribution in [3.63, 3.8) is 0 Å². The van der Waals surface area contributed by atoms with Crippen molar-refractivity contribution in [2.45, 2.75) is 0 Å². The molecule has 0 atom stereocenters. The maximum absolute atomic E-state index is 13.2. The van der Waals surface area contributed by atoms with E-state index in [1.807, 2.05) is 18.2 Å². The Balaban J connectivity index is 1.96. The van der Waals surface area contributed by atoms with Gasteiger partial charge in [-0.25, -0.2) is 0 Å². The van der Waals surface area contributed by atoms with Crippen molar-refractivity contribution in [3.8, 4) is 0 Å². The molecule has 0 radical (unpaired) electrons. The van der Waals surface area contributed by atoms with E-state index in [2.05, 4.69) is 83.0 Å². The van der Waals surface area contributed by atoms with Gasteiger partial charge in [0.15, 0.2) is 0 Å². The van der Waals surface area contributed by atoms with Crippen LogP contribution in [0.15, 0.2) is 103 Å². The van der Waals surface area contributed by atoms with Crippen molar-refractivity contribution >= 4 is 29.0 Å². The van der Waals surface area contributed by atoms with Crippen molar-refractivity contribution in [2.75, 3.05) is 6.16 Å². The molecular formula is C23H20N2OP+. The predicted octanol–water partition coefficient (Wildman–Crippen LogP) is 3.59. The Kier molecular flexibility index (Phi) is 4.95. The number of hydrogen-bond acceptors (Lipinski definition) is 2. The number of carbonyl (C=O) groups is 1. The number of benzene rings is 3. The number of H-pyrrole nitrogens is 1. The molecule has 1 aromatic heterocycles. The monoisotopic (exact) mass is 371 g/mol. The van der Waals surface area contributed by atoms with E-state index < -0.39 is 7.26 Å². The molecule has 0 saturated carbocycles. The third-order valence-corrected chi connectivity index (χ3v) is 9.07. The summed E-state index contributed by atoms with van der Waals surface area (Å²) in [4.78, 5) is 13.2. The van der Waals surface area contributed by atoms with E-state index in [0.717, 1.165) is 0 Å². The molecule has 0 aliphatic heterocycles. The molecule has 0 saturated heterocycles. The van der Waals surface area contributed by atoms with Crippen molar-refractivity contribution < 1.29 is 4.79 Å². The standard InChI is InChI=1S/C23H19N2OP/c26-23(22-16-17-24-25-22)18-27(19-10-4-1-5-11-19,20-12-6-2-7-13-20)21-14-8-3-9-15-21/h1-17H,18H2/p+1. The molecule has 0 aliphatic carbocycles. The first-order chi connectivity index (χ1) is 13.3. The van der Waals surface area contributed by atoms with E-state index in [9.17, 15) is 4.79 Å². The fraction of sp³-hybridized carbons (Fsp3) is 0.0435. The maximum atomic E-state index is 13.2. The van der Waals surface area contributed by atoms with E-state index in [0.29, 0.717) is 11.9 Å². The molecule has 3 nitrogen and oxygen atoms in total. The van der Waals surface area contributed by atoms with E-state index >= 15 is 0 Å². The largest absolute Gasteiger partial charge is 0.288 e. The minimum atomic E-state index is -2.15. The van der Waals surface area contributed by atoms with Crippen LogP contribution < -0.4 is 15.9 Å². The van der Waals surface area contributed by atoms with Crippen LogP contribution in [0.2, 0.25) is 0 Å². The molecule has 4 aromatic rings. The third-order valence-electron chi connectivity index (χ3n) is 4.77. The van der Waals surface area contributed by atoms with Gasteiger partial charge >= 0.3 is 0 Å². The van der Waals surface area contributed by atoms with Crippen molar-refractivity contribution in [3.05, 3.63) is 109 Å². The first-order valence-corrected chi connectivity index (χ1v) is 10.9. The van der Waals surface area contributed by atoms with Crippen LogP contribution in [0.25, 0.3) is 0 Å². The number of nitrogens with one attached hydrogen (secondary N) is 1. The highest BCUT2D eigenvalue weighted by atomic mass is 31.2. The minimum absolute atomic E-state index is 0.0809. The summed E-state index contributed by atoms with van der Waals surface area (Å²) in [6.45, 7) is 0. The van der Waals surface area contributed by atoms with Gasteiger partial charge in [-0.1, -0.05) is 54.6 Å². The average Bonchev–Trinajstić information content (AvgIpc) is 3.29. The van der Waals surface area contributed by atoms with E-state index in [-0.39, 0.29) is 5.78 Å². The fourth-order valence-corrected chi connectivity index (χ4v) is 7.57. The summed E-state index contributed by atoms with van der Waals surface area (Å²) in [6.07, 6.45) is 2.05. The number of aromatic nitrogens is 2. The highest BCUT2D eigenvalue weighted by Gasteiger charge is 2.47. The van der Waals surface area contributed by atoms with Crippen LogP contribution >= 0.6 is 7.26 Å². The maximum Gasteiger partial charge on any atom is 0.218 e. The van der Waals surface area contributed by atoms with Gasteiger partial charge in [0.05, 0.1) is 0 Å². The summed E-state index contributed by atoms with van der Waals surface area (Å²) in [6, 6.07) is 33.0. The van der Waals surface area contributed by atoms with Crippen LogP contribution in [0.4, 0.5) is 0 Å². The Hall–Kier alpha value is -3.03. The summed E-state index contributed by atoms with van der Waals surface area (Å²) in [5.74, 6) is 0.0809. The third kappa shape index (κ3) is 3.34. The zero-order valence-electron chi connectivity index (χ0n) is 14.8. The van der Waals surface area contributed by atoms with Gasteiger partial charge in [0.2, 0.25) is 5.78 Å². The topological polar surface area (TPSA) is 45.8 Å². The summed E-state index contributed by atoms with van der Waals surface area (Å²) in [5, 5.41) is 10.4. The van der Waals surface area contributed by atoms with Crippen LogP contribution in [-0.2, 0) is 0 Å². The second kappa shape index (κ2) is 7.69. The molecule has 0 spiro atoms. The Morgan fingerprint density at radius 1 is 0.704 bits per heavy atom. The summed E-state index contributed by atoms with van der Waals surface area (Å²) in [7, 11) is -2.15. The molecular weight excluding hydrogens is 351 g/mol. The lowest BCUT2D eigenvalue weighted by molar-refractivity contribution is 0.101. The summed E-state index contributed by atoms with van der Waals surface area (Å²) in [5.41, 5.74) is 0.558. The fourth-order valence-electron chi connectivity index (χ4n) is 3.48. The highest BCUT2D eigenvalue weighted by molar-refractivity contribution is 7.96. The molecule has 132 valence electrons. The van der Waals surface area contributed by atoms with Crippen LogP contribution in [0, 0.1) is 0 Å². The van der Waals surface area contributed by atoms with Crippen molar-refractivity contribution in [1.82, 2.24) is 10.2 Å². The summed E-state index contributed by atoms with van der Waals surface area (Å²) < 4.78 is 0. The number of carbonyl (C=O) groups excluding carboxylic acids is 1.